The van der Waals surface area contributed by atoms with Crippen LogP contribution < -0.4 is 43.0 Å². The smallest absolute Gasteiger partial charge is 0.246 e. The minimum Gasteiger partial charge on any atom is -0.351 e. The van der Waals surface area contributed by atoms with Crippen LogP contribution >= 0.6 is 0 Å². The molecule has 18 heteroatoms. The standard InChI is InChI=1S/C56H84N10O8/c1-33(57)49(69)63-47(55(3,4)5)53(73)65-31-37(29-43(65)51(71)61-41-25-17-21-35-19-13-15-23-39(35)41)59-45(67)27-11-10-12-28-46(68)60-38-30-44(52(72)62-42-26-18-22-36-20-14-16-24-40(36)42)66(32-38)54(74)48(56(6,7)8)64-50(70)34(2)58-9/h13-16,19-20,23-24,33-34,37-38,41-44,47-48,58H,10-12,17-18,21-22,25-32,57H2,1-9H3,(H,59,67)(H,60,68)(H,61,71)(H,62,72)(H,63,69)(H,64,70)/t33-,34-,37-,38-,41+,42+,43-,44-,47+,48+/m0/s1. The molecular formula is C56H84N10O8. The van der Waals surface area contributed by atoms with Gasteiger partial charge in [-0.2, -0.15) is 0 Å². The van der Waals surface area contributed by atoms with Crippen molar-refractivity contribution in [2.45, 2.75) is 199 Å². The van der Waals surface area contributed by atoms with Gasteiger partial charge in [0.1, 0.15) is 24.2 Å². The summed E-state index contributed by atoms with van der Waals surface area (Å²) in [6.45, 7) is 14.5. The second-order valence-corrected chi connectivity index (χ2v) is 23.3. The van der Waals surface area contributed by atoms with Gasteiger partial charge >= 0.3 is 0 Å². The number of nitrogens with zero attached hydrogens (tertiary/aromatic N) is 2. The van der Waals surface area contributed by atoms with E-state index in [0.29, 0.717) is 19.3 Å². The van der Waals surface area contributed by atoms with E-state index >= 15 is 0 Å². The molecule has 2 aromatic rings. The average Bonchev–Trinajstić information content (AvgIpc) is 3.98. The van der Waals surface area contributed by atoms with Gasteiger partial charge in [-0.1, -0.05) is 96.5 Å². The molecule has 406 valence electrons. The lowest BCUT2D eigenvalue weighted by molar-refractivity contribution is -0.144. The summed E-state index contributed by atoms with van der Waals surface area (Å²) in [4.78, 5) is 113. The molecule has 10 atom stereocenters. The lowest BCUT2D eigenvalue weighted by Gasteiger charge is -2.36. The van der Waals surface area contributed by atoms with Crippen molar-refractivity contribution in [2.75, 3.05) is 20.1 Å². The zero-order chi connectivity index (χ0) is 54.1. The zero-order valence-corrected chi connectivity index (χ0v) is 45.2. The molecule has 2 aliphatic carbocycles. The van der Waals surface area contributed by atoms with Gasteiger partial charge in [0.05, 0.1) is 24.2 Å². The number of nitrogens with two attached hydrogens (primary N) is 1. The van der Waals surface area contributed by atoms with E-state index in [2.05, 4.69) is 49.4 Å². The Morgan fingerprint density at radius 3 is 1.39 bits per heavy atom. The predicted octanol–water partition coefficient (Wildman–Crippen LogP) is 3.51. The van der Waals surface area contributed by atoms with Gasteiger partial charge in [-0.15, -0.1) is 0 Å². The highest BCUT2D eigenvalue weighted by atomic mass is 16.2. The van der Waals surface area contributed by atoms with Crippen LogP contribution in [0.15, 0.2) is 48.5 Å². The summed E-state index contributed by atoms with van der Waals surface area (Å²) in [6, 6.07) is 9.51. The number of carbonyl (C=O) groups is 8. The number of aryl methyl sites for hydroxylation is 2. The highest BCUT2D eigenvalue weighted by Gasteiger charge is 2.48. The summed E-state index contributed by atoms with van der Waals surface area (Å²) in [5, 5.41) is 21.2. The highest BCUT2D eigenvalue weighted by molar-refractivity contribution is 5.95. The number of likely N-dealkylation sites (tertiary alicyclic amines) is 2. The number of nitrogens with one attached hydrogen (secondary N) is 7. The van der Waals surface area contributed by atoms with Crippen molar-refractivity contribution in [2.24, 2.45) is 16.6 Å². The number of hydrogen-bond acceptors (Lipinski definition) is 10. The van der Waals surface area contributed by atoms with Crippen LogP contribution in [0.1, 0.15) is 160 Å². The molecule has 0 radical (unpaired) electrons. The first kappa shape index (κ1) is 57.4. The monoisotopic (exact) mass is 1020 g/mol. The van der Waals surface area contributed by atoms with Crippen LogP contribution in [-0.2, 0) is 51.2 Å². The van der Waals surface area contributed by atoms with E-state index in [0.717, 1.165) is 49.7 Å². The fourth-order valence-corrected chi connectivity index (χ4v) is 10.9. The van der Waals surface area contributed by atoms with E-state index in [9.17, 15) is 38.4 Å². The Labute approximate surface area is 438 Å². The molecule has 2 aliphatic heterocycles. The van der Waals surface area contributed by atoms with Crippen LogP contribution in [0.25, 0.3) is 0 Å². The summed E-state index contributed by atoms with van der Waals surface area (Å²) < 4.78 is 0. The molecule has 18 nitrogen and oxygen atoms in total. The van der Waals surface area contributed by atoms with Crippen LogP contribution in [0, 0.1) is 10.8 Å². The zero-order valence-electron chi connectivity index (χ0n) is 45.2. The van der Waals surface area contributed by atoms with Gasteiger partial charge in [0.25, 0.3) is 0 Å². The molecule has 2 fully saturated rings. The molecule has 4 aliphatic rings. The molecule has 2 heterocycles. The Bertz CT molecular complexity index is 2360. The van der Waals surface area contributed by atoms with Crippen molar-refractivity contribution in [1.29, 1.82) is 0 Å². The Hall–Kier alpha value is -5.88. The number of likely N-dealkylation sites (N-methyl/N-ethyl adjacent to an activating group) is 1. The maximum Gasteiger partial charge on any atom is 0.246 e. The molecule has 8 amide bonds. The van der Waals surface area contributed by atoms with Gasteiger partial charge in [0, 0.05) is 38.0 Å². The SMILES string of the molecule is CN[C@@H](C)C(=O)N[C@H](C(=O)N1C[C@@H](NC(=O)CCCCCC(=O)N[C@H]2C[C@@H](C(=O)N[C@@H]3CCCc4ccccc43)N(C(=O)[C@@H](NC(=O)[C@H](C)N)C(C)(C)C)C2)C[C@H]1C(=O)N[C@@H]1CCCc2ccccc21)C(C)(C)C. The fraction of sp³-hybridized carbons (Fsp3) is 0.643. The molecule has 6 rings (SSSR count). The Balaban J connectivity index is 1.04. The Morgan fingerprint density at radius 1 is 0.595 bits per heavy atom. The van der Waals surface area contributed by atoms with E-state index in [1.165, 1.54) is 20.9 Å². The van der Waals surface area contributed by atoms with Crippen LogP contribution in [0.5, 0.6) is 0 Å². The maximum absolute atomic E-state index is 14.5. The van der Waals surface area contributed by atoms with Crippen molar-refractivity contribution in [3.05, 3.63) is 70.8 Å². The number of unbranched alkanes of at least 4 members (excludes halogenated alkanes) is 2. The van der Waals surface area contributed by atoms with Crippen molar-refractivity contribution < 1.29 is 38.4 Å². The minimum absolute atomic E-state index is 0.0764. The van der Waals surface area contributed by atoms with Crippen LogP contribution in [-0.4, -0.2) is 126 Å². The van der Waals surface area contributed by atoms with Crippen LogP contribution in [0.4, 0.5) is 0 Å². The van der Waals surface area contributed by atoms with E-state index in [-0.39, 0.29) is 80.4 Å². The van der Waals surface area contributed by atoms with E-state index in [1.807, 2.05) is 77.9 Å². The predicted molar refractivity (Wildman–Crippen MR) is 283 cm³/mol. The molecule has 74 heavy (non-hydrogen) atoms. The summed E-state index contributed by atoms with van der Waals surface area (Å²) in [6.07, 6.45) is 7.46. The van der Waals surface area contributed by atoms with Gasteiger partial charge in [-0.25, -0.2) is 0 Å². The van der Waals surface area contributed by atoms with Gasteiger partial charge in [-0.05, 0) is 118 Å². The maximum atomic E-state index is 14.5. The van der Waals surface area contributed by atoms with Crippen LogP contribution in [0.2, 0.25) is 0 Å². The lowest BCUT2D eigenvalue weighted by atomic mass is 9.85. The summed E-state index contributed by atoms with van der Waals surface area (Å²) >= 11 is 0. The number of rotatable bonds is 19. The third-order valence-electron chi connectivity index (χ3n) is 15.2. The summed E-state index contributed by atoms with van der Waals surface area (Å²) in [5.41, 5.74) is 8.95. The molecule has 0 aromatic heterocycles. The first-order valence-corrected chi connectivity index (χ1v) is 27.0. The molecule has 2 aromatic carbocycles. The minimum atomic E-state index is -0.980. The second kappa shape index (κ2) is 25.1. The third kappa shape index (κ3) is 14.7. The fourth-order valence-electron chi connectivity index (χ4n) is 10.9. The highest BCUT2D eigenvalue weighted by Crippen LogP contribution is 2.34. The third-order valence-corrected chi connectivity index (χ3v) is 15.2. The summed E-state index contributed by atoms with van der Waals surface area (Å²) in [5.74, 6) is -2.75. The summed E-state index contributed by atoms with van der Waals surface area (Å²) in [7, 11) is 1.66. The lowest BCUT2D eigenvalue weighted by Crippen LogP contribution is -2.59. The second-order valence-electron chi connectivity index (χ2n) is 23.3. The number of fused-ring (bicyclic) bond motifs is 2. The number of hydrogen-bond donors (Lipinski definition) is 8. The average molecular weight is 1030 g/mol. The number of benzene rings is 2. The van der Waals surface area contributed by atoms with E-state index in [4.69, 9.17) is 5.73 Å². The quantitative estimate of drug-likeness (QED) is 0.0951. The van der Waals surface area contributed by atoms with Crippen molar-refractivity contribution in [1.82, 2.24) is 47.0 Å². The first-order chi connectivity index (χ1) is 35.0. The molecule has 0 bridgehead atoms. The normalized spacial score (nSPS) is 23.2. The van der Waals surface area contributed by atoms with Crippen LogP contribution in [0.3, 0.4) is 0 Å². The molecule has 0 spiro atoms. The largest absolute Gasteiger partial charge is 0.351 e. The Morgan fingerprint density at radius 2 is 1.00 bits per heavy atom. The molecular weight excluding hydrogens is 941 g/mol. The topological polar surface area (TPSA) is 253 Å². The molecule has 9 N–H and O–H groups in total. The molecule has 0 unspecified atom stereocenters. The first-order valence-electron chi connectivity index (χ1n) is 27.0. The van der Waals surface area contributed by atoms with E-state index < -0.39 is 76.9 Å². The van der Waals surface area contributed by atoms with Crippen molar-refractivity contribution in [3.8, 4) is 0 Å². The van der Waals surface area contributed by atoms with Gasteiger partial charge < -0.3 is 52.8 Å². The molecule has 0 saturated carbocycles. The van der Waals surface area contributed by atoms with Crippen molar-refractivity contribution in [3.63, 3.8) is 0 Å². The number of amides is 8. The van der Waals surface area contributed by atoms with Gasteiger partial charge in [0.15, 0.2) is 0 Å². The van der Waals surface area contributed by atoms with Gasteiger partial charge in [0.2, 0.25) is 47.3 Å². The molecule has 2 saturated heterocycles. The number of carbonyl (C=O) groups excluding carboxylic acids is 8. The van der Waals surface area contributed by atoms with Crippen molar-refractivity contribution >= 4 is 47.3 Å². The van der Waals surface area contributed by atoms with E-state index in [1.54, 1.807) is 20.9 Å². The Kier molecular flexibility index (Phi) is 19.5. The van der Waals surface area contributed by atoms with Gasteiger partial charge in [-0.3, -0.25) is 38.4 Å².